The van der Waals surface area contributed by atoms with Crippen molar-refractivity contribution in [3.63, 3.8) is 0 Å². The molecule has 4 heteroatoms. The Kier molecular flexibility index (Phi) is 4.32. The van der Waals surface area contributed by atoms with Crippen LogP contribution in [0.4, 0.5) is 8.78 Å². The van der Waals surface area contributed by atoms with Crippen LogP contribution in [0.2, 0.25) is 0 Å². The molecular formula is C15H13BrF2O. The monoisotopic (exact) mass is 326 g/mol. The fourth-order valence-corrected chi connectivity index (χ4v) is 2.27. The second-order valence-corrected chi connectivity index (χ2v) is 5.23. The van der Waals surface area contributed by atoms with E-state index in [1.165, 1.54) is 12.1 Å². The third kappa shape index (κ3) is 3.19. The Morgan fingerprint density at radius 2 is 1.89 bits per heavy atom. The van der Waals surface area contributed by atoms with E-state index in [4.69, 9.17) is 0 Å². The van der Waals surface area contributed by atoms with Crippen molar-refractivity contribution in [2.45, 2.75) is 19.4 Å². The zero-order chi connectivity index (χ0) is 14.0. The smallest absolute Gasteiger partial charge is 0.137 e. The van der Waals surface area contributed by atoms with Gasteiger partial charge in [0.05, 0.1) is 10.6 Å². The molecular weight excluding hydrogens is 314 g/mol. The molecule has 0 fully saturated rings. The van der Waals surface area contributed by atoms with E-state index in [9.17, 15) is 13.9 Å². The highest BCUT2D eigenvalue weighted by Gasteiger charge is 2.13. The molecule has 0 amide bonds. The van der Waals surface area contributed by atoms with Gasteiger partial charge in [0.15, 0.2) is 0 Å². The molecule has 0 saturated heterocycles. The van der Waals surface area contributed by atoms with Crippen LogP contribution in [0.25, 0.3) is 0 Å². The van der Waals surface area contributed by atoms with Crippen LogP contribution in [0.15, 0.2) is 40.9 Å². The molecule has 0 spiro atoms. The van der Waals surface area contributed by atoms with Gasteiger partial charge in [-0.1, -0.05) is 24.3 Å². The quantitative estimate of drug-likeness (QED) is 0.891. The van der Waals surface area contributed by atoms with E-state index in [2.05, 4.69) is 15.9 Å². The summed E-state index contributed by atoms with van der Waals surface area (Å²) in [6.45, 7) is 1.66. The van der Waals surface area contributed by atoms with Crippen LogP contribution >= 0.6 is 15.9 Å². The molecule has 2 aromatic carbocycles. The predicted octanol–water partition coefficient (Wildman–Crippen LogP) is 4.31. The Labute approximate surface area is 119 Å². The number of benzene rings is 2. The van der Waals surface area contributed by atoms with Crippen LogP contribution in [0.3, 0.4) is 0 Å². The maximum absolute atomic E-state index is 13.4. The molecule has 1 unspecified atom stereocenters. The molecule has 0 aromatic heterocycles. The van der Waals surface area contributed by atoms with Crippen LogP contribution in [-0.2, 0) is 6.42 Å². The van der Waals surface area contributed by atoms with Crippen molar-refractivity contribution in [1.82, 2.24) is 0 Å². The van der Waals surface area contributed by atoms with Gasteiger partial charge in [-0.25, -0.2) is 8.78 Å². The van der Waals surface area contributed by atoms with E-state index in [1.54, 1.807) is 31.2 Å². The number of halogens is 3. The van der Waals surface area contributed by atoms with Gasteiger partial charge in [-0.15, -0.1) is 0 Å². The number of aliphatic hydroxyl groups is 1. The van der Waals surface area contributed by atoms with Crippen molar-refractivity contribution in [2.75, 3.05) is 0 Å². The van der Waals surface area contributed by atoms with E-state index >= 15 is 0 Å². The van der Waals surface area contributed by atoms with Crippen molar-refractivity contribution in [2.24, 2.45) is 0 Å². The summed E-state index contributed by atoms with van der Waals surface area (Å²) in [4.78, 5) is 0. The van der Waals surface area contributed by atoms with Crippen LogP contribution < -0.4 is 0 Å². The highest BCUT2D eigenvalue weighted by atomic mass is 79.9. The van der Waals surface area contributed by atoms with Gasteiger partial charge < -0.3 is 5.11 Å². The third-order valence-electron chi connectivity index (χ3n) is 3.03. The summed E-state index contributed by atoms with van der Waals surface area (Å²) in [6.07, 6.45) is -0.644. The lowest BCUT2D eigenvalue weighted by Gasteiger charge is -2.13. The van der Waals surface area contributed by atoms with E-state index in [1.807, 2.05) is 0 Å². The Morgan fingerprint density at radius 1 is 1.16 bits per heavy atom. The minimum Gasteiger partial charge on any atom is -0.388 e. The Balaban J connectivity index is 2.23. The second kappa shape index (κ2) is 5.80. The fraction of sp³-hybridized carbons (Fsp3) is 0.200. The van der Waals surface area contributed by atoms with Crippen LogP contribution in [0.5, 0.6) is 0 Å². The molecule has 0 bridgehead atoms. The number of hydrogen-bond acceptors (Lipinski definition) is 1. The average Bonchev–Trinajstić information content (AvgIpc) is 2.38. The first kappa shape index (κ1) is 14.2. The standard InChI is InChI=1S/C15H13BrF2O/c1-9-5-6-10(7-13(9)18)14(19)8-11-3-2-4-12(17)15(11)16/h2-7,14,19H,8H2,1H3. The van der Waals surface area contributed by atoms with E-state index in [0.717, 1.165) is 0 Å². The maximum Gasteiger partial charge on any atom is 0.137 e. The zero-order valence-electron chi connectivity index (χ0n) is 10.3. The SMILES string of the molecule is Cc1ccc(C(O)Cc2cccc(F)c2Br)cc1F. The summed E-state index contributed by atoms with van der Waals surface area (Å²) in [7, 11) is 0. The fourth-order valence-electron chi connectivity index (χ4n) is 1.85. The van der Waals surface area contributed by atoms with Crippen molar-refractivity contribution < 1.29 is 13.9 Å². The van der Waals surface area contributed by atoms with Crippen LogP contribution in [0.1, 0.15) is 22.8 Å². The summed E-state index contributed by atoms with van der Waals surface area (Å²) >= 11 is 3.15. The molecule has 1 nitrogen and oxygen atoms in total. The minimum absolute atomic E-state index is 0.223. The van der Waals surface area contributed by atoms with Gasteiger partial charge in [-0.05, 0) is 51.7 Å². The molecule has 0 aliphatic rings. The van der Waals surface area contributed by atoms with Gasteiger partial charge >= 0.3 is 0 Å². The largest absolute Gasteiger partial charge is 0.388 e. The summed E-state index contributed by atoms with van der Waals surface area (Å²) < 4.78 is 27.1. The Morgan fingerprint density at radius 3 is 2.58 bits per heavy atom. The maximum atomic E-state index is 13.4. The molecule has 100 valence electrons. The van der Waals surface area contributed by atoms with E-state index in [-0.39, 0.29) is 18.1 Å². The first-order chi connectivity index (χ1) is 8.99. The predicted molar refractivity (Wildman–Crippen MR) is 73.9 cm³/mol. The van der Waals surface area contributed by atoms with Crippen molar-refractivity contribution in [3.05, 3.63) is 69.2 Å². The second-order valence-electron chi connectivity index (χ2n) is 4.44. The molecule has 0 aliphatic carbocycles. The number of aliphatic hydroxyl groups excluding tert-OH is 1. The highest BCUT2D eigenvalue weighted by molar-refractivity contribution is 9.10. The summed E-state index contributed by atoms with van der Waals surface area (Å²) in [5.41, 5.74) is 1.66. The topological polar surface area (TPSA) is 20.2 Å². The Bertz CT molecular complexity index is 599. The third-order valence-corrected chi connectivity index (χ3v) is 3.91. The summed E-state index contributed by atoms with van der Waals surface area (Å²) in [6, 6.07) is 9.25. The van der Waals surface area contributed by atoms with Gasteiger partial charge in [0.1, 0.15) is 11.6 Å². The van der Waals surface area contributed by atoms with Gasteiger partial charge in [0.2, 0.25) is 0 Å². The Hall–Kier alpha value is -1.26. The number of aryl methyl sites for hydroxylation is 1. The van der Waals surface area contributed by atoms with Crippen LogP contribution in [-0.4, -0.2) is 5.11 Å². The first-order valence-corrected chi connectivity index (χ1v) is 6.65. The van der Waals surface area contributed by atoms with Crippen molar-refractivity contribution >= 4 is 15.9 Å². The van der Waals surface area contributed by atoms with Crippen molar-refractivity contribution in [3.8, 4) is 0 Å². The molecule has 0 saturated carbocycles. The molecule has 1 atom stereocenters. The van der Waals surface area contributed by atoms with Gasteiger partial charge in [-0.3, -0.25) is 0 Å². The molecule has 0 aliphatic heterocycles. The van der Waals surface area contributed by atoms with Gasteiger partial charge in [0, 0.05) is 6.42 Å². The lowest BCUT2D eigenvalue weighted by molar-refractivity contribution is 0.177. The first-order valence-electron chi connectivity index (χ1n) is 5.86. The normalized spacial score (nSPS) is 12.5. The van der Waals surface area contributed by atoms with E-state index in [0.29, 0.717) is 21.2 Å². The molecule has 0 heterocycles. The lowest BCUT2D eigenvalue weighted by Crippen LogP contribution is -2.04. The molecule has 2 rings (SSSR count). The number of hydrogen-bond donors (Lipinski definition) is 1. The van der Waals surface area contributed by atoms with Crippen LogP contribution in [0, 0.1) is 18.6 Å². The zero-order valence-corrected chi connectivity index (χ0v) is 11.9. The summed E-state index contributed by atoms with van der Waals surface area (Å²) in [5, 5.41) is 10.1. The van der Waals surface area contributed by atoms with Gasteiger partial charge in [0.25, 0.3) is 0 Å². The number of rotatable bonds is 3. The summed E-state index contributed by atoms with van der Waals surface area (Å²) in [5.74, 6) is -0.727. The highest BCUT2D eigenvalue weighted by Crippen LogP contribution is 2.26. The van der Waals surface area contributed by atoms with Crippen molar-refractivity contribution in [1.29, 1.82) is 0 Å². The van der Waals surface area contributed by atoms with Gasteiger partial charge in [-0.2, -0.15) is 0 Å². The molecule has 19 heavy (non-hydrogen) atoms. The lowest BCUT2D eigenvalue weighted by atomic mass is 10.0. The molecule has 2 aromatic rings. The molecule has 1 N–H and O–H groups in total. The van der Waals surface area contributed by atoms with E-state index < -0.39 is 6.10 Å². The minimum atomic E-state index is -0.867. The molecule has 0 radical (unpaired) electrons. The average molecular weight is 327 g/mol.